The number of hydrogen-bond acceptors (Lipinski definition) is 4. The summed E-state index contributed by atoms with van der Waals surface area (Å²) < 4.78 is 24.6. The number of methoxy groups -OCH3 is 2. The van der Waals surface area contributed by atoms with E-state index in [-0.39, 0.29) is 11.2 Å². The molecular weight excluding hydrogens is 371 g/mol. The van der Waals surface area contributed by atoms with Crippen LogP contribution in [0.5, 0.6) is 11.5 Å². The number of benzene rings is 1. The zero-order chi connectivity index (χ0) is 20.9. The average molecular weight is 408 g/mol. The fraction of sp³-hybridized carbons (Fsp3) is 0.696. The van der Waals surface area contributed by atoms with Crippen LogP contribution >= 0.6 is 7.80 Å². The van der Waals surface area contributed by atoms with E-state index in [1.54, 1.807) is 26.4 Å². The van der Waals surface area contributed by atoms with Crippen LogP contribution < -0.4 is 9.47 Å². The standard InChI is InChI=1S/C23H36O4P/c1-17(15-22(2,3)4)16-28(25)23(13-8-7-9-14-23)21(24)20-18(26-5)11-10-12-19(20)27-6/h10-12,17H,7-9,13-16H2,1-6H3/q+1. The van der Waals surface area contributed by atoms with Crippen molar-refractivity contribution < 1.29 is 18.8 Å². The lowest BCUT2D eigenvalue weighted by molar-refractivity contribution is 0.0906. The van der Waals surface area contributed by atoms with Crippen LogP contribution in [-0.2, 0) is 4.57 Å². The van der Waals surface area contributed by atoms with E-state index in [2.05, 4.69) is 27.7 Å². The number of rotatable bonds is 8. The minimum atomic E-state index is -1.68. The Morgan fingerprint density at radius 3 is 2.11 bits per heavy atom. The maximum absolute atomic E-state index is 13.8. The third kappa shape index (κ3) is 5.14. The maximum atomic E-state index is 13.8. The Balaban J connectivity index is 2.40. The molecule has 1 fully saturated rings. The van der Waals surface area contributed by atoms with Gasteiger partial charge in [0.25, 0.3) is 0 Å². The highest BCUT2D eigenvalue weighted by Gasteiger charge is 2.57. The van der Waals surface area contributed by atoms with Crippen LogP contribution in [0.2, 0.25) is 0 Å². The number of carbonyl (C=O) groups is 1. The summed E-state index contributed by atoms with van der Waals surface area (Å²) in [5.74, 6) is 1.25. The molecule has 1 saturated carbocycles. The second-order valence-corrected chi connectivity index (χ2v) is 11.4. The van der Waals surface area contributed by atoms with Gasteiger partial charge in [0.1, 0.15) is 23.2 Å². The Bertz CT molecular complexity index is 677. The zero-order valence-corrected chi connectivity index (χ0v) is 19.2. The molecule has 1 aromatic rings. The molecule has 2 rings (SSSR count). The van der Waals surface area contributed by atoms with Crippen molar-refractivity contribution in [3.63, 3.8) is 0 Å². The molecule has 0 heterocycles. The Labute approximate surface area is 171 Å². The van der Waals surface area contributed by atoms with Gasteiger partial charge in [-0.25, -0.2) is 0 Å². The van der Waals surface area contributed by atoms with Gasteiger partial charge < -0.3 is 9.47 Å². The minimum absolute atomic E-state index is 0.0643. The van der Waals surface area contributed by atoms with Gasteiger partial charge >= 0.3 is 7.80 Å². The van der Waals surface area contributed by atoms with E-state index in [0.29, 0.717) is 42.0 Å². The predicted octanol–water partition coefficient (Wildman–Crippen LogP) is 6.49. The molecule has 0 aromatic heterocycles. The van der Waals surface area contributed by atoms with E-state index in [1.807, 2.05) is 6.07 Å². The first-order valence-corrected chi connectivity index (χ1v) is 11.8. The lowest BCUT2D eigenvalue weighted by atomic mass is 9.82. The predicted molar refractivity (Wildman–Crippen MR) is 115 cm³/mol. The normalized spacial score (nSPS) is 18.3. The molecule has 0 aliphatic heterocycles. The lowest BCUT2D eigenvalue weighted by Crippen LogP contribution is -2.39. The molecule has 0 bridgehead atoms. The van der Waals surface area contributed by atoms with E-state index in [0.717, 1.165) is 25.7 Å². The van der Waals surface area contributed by atoms with Crippen molar-refractivity contribution in [3.8, 4) is 11.5 Å². The summed E-state index contributed by atoms with van der Waals surface area (Å²) in [5, 5.41) is -0.804. The molecule has 156 valence electrons. The fourth-order valence-electron chi connectivity index (χ4n) is 4.60. The monoisotopic (exact) mass is 407 g/mol. The van der Waals surface area contributed by atoms with Crippen molar-refractivity contribution in [1.82, 2.24) is 0 Å². The quantitative estimate of drug-likeness (QED) is 0.365. The number of carbonyl (C=O) groups excluding carboxylic acids is 1. The van der Waals surface area contributed by atoms with Crippen LogP contribution in [0.1, 0.15) is 76.6 Å². The van der Waals surface area contributed by atoms with Gasteiger partial charge in [0.2, 0.25) is 10.9 Å². The van der Waals surface area contributed by atoms with Crippen molar-refractivity contribution in [2.24, 2.45) is 11.3 Å². The first-order valence-electron chi connectivity index (χ1n) is 10.3. The summed E-state index contributed by atoms with van der Waals surface area (Å²) in [7, 11) is 1.44. The highest BCUT2D eigenvalue weighted by molar-refractivity contribution is 7.48. The SMILES string of the molecule is COc1cccc(OC)c1C(=O)C1([P+](=O)CC(C)CC(C)(C)C)CCCCC1. The Morgan fingerprint density at radius 1 is 1.11 bits per heavy atom. The summed E-state index contributed by atoms with van der Waals surface area (Å²) in [6, 6.07) is 5.37. The van der Waals surface area contributed by atoms with Crippen molar-refractivity contribution in [2.45, 2.75) is 71.4 Å². The first-order chi connectivity index (χ1) is 13.1. The summed E-state index contributed by atoms with van der Waals surface area (Å²) in [4.78, 5) is 13.8. The zero-order valence-electron chi connectivity index (χ0n) is 18.3. The van der Waals surface area contributed by atoms with Crippen molar-refractivity contribution in [2.75, 3.05) is 20.4 Å². The smallest absolute Gasteiger partial charge is 0.353 e. The molecular formula is C23H36O4P+. The molecule has 0 amide bonds. The molecule has 5 heteroatoms. The van der Waals surface area contributed by atoms with E-state index in [9.17, 15) is 9.36 Å². The molecule has 2 atom stereocenters. The van der Waals surface area contributed by atoms with Crippen LogP contribution in [0.15, 0.2) is 18.2 Å². The number of ketones is 1. The van der Waals surface area contributed by atoms with Crippen LogP contribution in [0.4, 0.5) is 0 Å². The molecule has 0 saturated heterocycles. The van der Waals surface area contributed by atoms with Crippen LogP contribution in [0.25, 0.3) is 0 Å². The molecule has 0 radical (unpaired) electrons. The highest BCUT2D eigenvalue weighted by Crippen LogP contribution is 2.53. The molecule has 28 heavy (non-hydrogen) atoms. The van der Waals surface area contributed by atoms with E-state index in [1.165, 1.54) is 0 Å². The molecule has 1 aliphatic rings. The number of hydrogen-bond donors (Lipinski definition) is 0. The van der Waals surface area contributed by atoms with Gasteiger partial charge in [0.15, 0.2) is 0 Å². The highest BCUT2D eigenvalue weighted by atomic mass is 31.1. The molecule has 0 N–H and O–H groups in total. The third-order valence-electron chi connectivity index (χ3n) is 5.67. The van der Waals surface area contributed by atoms with Gasteiger partial charge in [-0.2, -0.15) is 0 Å². The molecule has 4 nitrogen and oxygen atoms in total. The topological polar surface area (TPSA) is 52.6 Å². The summed E-state index contributed by atoms with van der Waals surface area (Å²) in [6.07, 6.45) is 5.94. The van der Waals surface area contributed by atoms with Gasteiger partial charge in [-0.15, -0.1) is 0 Å². The lowest BCUT2D eigenvalue weighted by Gasteiger charge is -2.29. The van der Waals surface area contributed by atoms with E-state index >= 15 is 0 Å². The summed E-state index contributed by atoms with van der Waals surface area (Å²) >= 11 is 0. The maximum Gasteiger partial charge on any atom is 0.353 e. The third-order valence-corrected chi connectivity index (χ3v) is 8.23. The van der Waals surface area contributed by atoms with Gasteiger partial charge in [-0.05, 0) is 36.8 Å². The minimum Gasteiger partial charge on any atom is -0.496 e. The summed E-state index contributed by atoms with van der Waals surface area (Å²) in [5.41, 5.74) is 0.631. The van der Waals surface area contributed by atoms with E-state index < -0.39 is 13.0 Å². The van der Waals surface area contributed by atoms with Gasteiger partial charge in [0, 0.05) is 18.8 Å². The second kappa shape index (κ2) is 9.39. The average Bonchev–Trinajstić information content (AvgIpc) is 2.65. The van der Waals surface area contributed by atoms with Crippen LogP contribution in [-0.4, -0.2) is 31.3 Å². The Morgan fingerprint density at radius 2 is 1.64 bits per heavy atom. The van der Waals surface area contributed by atoms with Crippen LogP contribution in [0.3, 0.4) is 0 Å². The molecule has 1 aliphatic carbocycles. The molecule has 0 spiro atoms. The fourth-order valence-corrected chi connectivity index (χ4v) is 6.80. The van der Waals surface area contributed by atoms with Crippen LogP contribution in [0, 0.1) is 11.3 Å². The first kappa shape index (κ1) is 22.9. The molecule has 1 aromatic carbocycles. The Hall–Kier alpha value is -1.41. The van der Waals surface area contributed by atoms with Gasteiger partial charge in [-0.3, -0.25) is 4.79 Å². The van der Waals surface area contributed by atoms with Crippen molar-refractivity contribution in [1.29, 1.82) is 0 Å². The van der Waals surface area contributed by atoms with E-state index in [4.69, 9.17) is 9.47 Å². The number of ether oxygens (including phenoxy) is 2. The number of Topliss-reactive ketones (excluding diaryl/α,β-unsaturated/α-hetero) is 1. The molecule has 2 unspecified atom stereocenters. The van der Waals surface area contributed by atoms with Crippen molar-refractivity contribution >= 4 is 13.6 Å². The van der Waals surface area contributed by atoms with Crippen molar-refractivity contribution in [3.05, 3.63) is 23.8 Å². The Kier molecular flexibility index (Phi) is 7.67. The second-order valence-electron chi connectivity index (χ2n) is 9.39. The largest absolute Gasteiger partial charge is 0.496 e. The van der Waals surface area contributed by atoms with Gasteiger partial charge in [-0.1, -0.05) is 44.7 Å². The van der Waals surface area contributed by atoms with Gasteiger partial charge in [0.05, 0.1) is 14.2 Å². The summed E-state index contributed by atoms with van der Waals surface area (Å²) in [6.45, 7) is 8.77.